The number of fused-ring (bicyclic) bond motifs is 1. The molecular weight excluding hydrogens is 236 g/mol. The average Bonchev–Trinajstić information content (AvgIpc) is 2.59. The van der Waals surface area contributed by atoms with Crippen molar-refractivity contribution in [1.82, 2.24) is 0 Å². The molecule has 6 atom stereocenters. The molecule has 2 fully saturated rings. The summed E-state index contributed by atoms with van der Waals surface area (Å²) in [4.78, 5) is 0. The highest BCUT2D eigenvalue weighted by Gasteiger charge is 2.54. The molecule has 0 radical (unpaired) electrons. The van der Waals surface area contributed by atoms with Crippen LogP contribution in [0.25, 0.3) is 0 Å². The van der Waals surface area contributed by atoms with Crippen LogP contribution in [0.5, 0.6) is 0 Å². The molecule has 2 aliphatic rings. The van der Waals surface area contributed by atoms with Crippen molar-refractivity contribution in [2.45, 2.75) is 77.0 Å². The molecule has 0 unspecified atom stereocenters. The fraction of sp³-hybridized carbons (Fsp3) is 1.00. The van der Waals surface area contributed by atoms with Crippen LogP contribution in [0.2, 0.25) is 0 Å². The smallest absolute Gasteiger partial charge is 0.164 e. The lowest BCUT2D eigenvalue weighted by molar-refractivity contribution is -0.215. The van der Waals surface area contributed by atoms with Gasteiger partial charge in [0.2, 0.25) is 0 Å². The summed E-state index contributed by atoms with van der Waals surface area (Å²) in [6, 6.07) is 0. The summed E-state index contributed by atoms with van der Waals surface area (Å²) >= 11 is 0. The lowest BCUT2D eigenvalue weighted by atomic mass is 9.89. The van der Waals surface area contributed by atoms with E-state index in [1.54, 1.807) is 0 Å². The monoisotopic (exact) mass is 260 g/mol. The van der Waals surface area contributed by atoms with E-state index in [0.717, 1.165) is 0 Å². The molecule has 2 heterocycles. The first-order chi connectivity index (χ1) is 8.23. The van der Waals surface area contributed by atoms with Crippen molar-refractivity contribution in [3.8, 4) is 0 Å². The van der Waals surface area contributed by atoms with E-state index in [-0.39, 0.29) is 18.1 Å². The largest absolute Gasteiger partial charge is 0.390 e. The molecule has 0 aromatic carbocycles. The SMILES string of the molecule is CC(C)[C@@H](O)[C@H]1O[C@@H](C)[C@H]2OC(C)(C)O[C@H]2[C@@H]1O. The number of aliphatic hydroxyl groups is 2. The number of hydrogen-bond donors (Lipinski definition) is 2. The molecule has 0 aromatic rings. The van der Waals surface area contributed by atoms with E-state index >= 15 is 0 Å². The van der Waals surface area contributed by atoms with Crippen molar-refractivity contribution in [3.63, 3.8) is 0 Å². The van der Waals surface area contributed by atoms with Gasteiger partial charge in [0.05, 0.1) is 12.2 Å². The molecule has 0 saturated carbocycles. The summed E-state index contributed by atoms with van der Waals surface area (Å²) in [5.41, 5.74) is 0. The molecule has 5 heteroatoms. The maximum absolute atomic E-state index is 10.3. The second kappa shape index (κ2) is 4.72. The van der Waals surface area contributed by atoms with E-state index in [2.05, 4.69) is 0 Å². The quantitative estimate of drug-likeness (QED) is 0.764. The van der Waals surface area contributed by atoms with Gasteiger partial charge in [-0.25, -0.2) is 0 Å². The van der Waals surface area contributed by atoms with Crippen molar-refractivity contribution in [3.05, 3.63) is 0 Å². The third kappa shape index (κ3) is 2.42. The Kier molecular flexibility index (Phi) is 3.73. The van der Waals surface area contributed by atoms with Gasteiger partial charge in [-0.3, -0.25) is 0 Å². The van der Waals surface area contributed by atoms with Gasteiger partial charge >= 0.3 is 0 Å². The second-order valence-electron chi connectivity index (χ2n) is 6.10. The van der Waals surface area contributed by atoms with Crippen LogP contribution in [0.1, 0.15) is 34.6 Å². The van der Waals surface area contributed by atoms with E-state index in [1.165, 1.54) is 0 Å². The number of ether oxygens (including phenoxy) is 3. The van der Waals surface area contributed by atoms with Gasteiger partial charge in [0.25, 0.3) is 0 Å². The number of rotatable bonds is 2. The fourth-order valence-electron chi connectivity index (χ4n) is 2.70. The number of hydrogen-bond acceptors (Lipinski definition) is 5. The van der Waals surface area contributed by atoms with E-state index in [4.69, 9.17) is 14.2 Å². The zero-order chi connectivity index (χ0) is 13.7. The van der Waals surface area contributed by atoms with Crippen LogP contribution in [-0.2, 0) is 14.2 Å². The number of aliphatic hydroxyl groups excluding tert-OH is 2. The standard InChI is InChI=1S/C13H24O5/c1-6(2)8(14)11-9(15)12-10(7(3)16-11)17-13(4,5)18-12/h6-12,14-15H,1-5H3/t7-,8+,9+,10+,11+,12-/m0/s1. The highest BCUT2D eigenvalue weighted by molar-refractivity contribution is 4.99. The zero-order valence-electron chi connectivity index (χ0n) is 11.7. The Hall–Kier alpha value is -0.200. The third-order valence-corrected chi connectivity index (χ3v) is 3.69. The molecule has 2 rings (SSSR count). The summed E-state index contributed by atoms with van der Waals surface area (Å²) in [6.07, 6.45) is -3.15. The summed E-state index contributed by atoms with van der Waals surface area (Å²) in [5.74, 6) is -0.699. The summed E-state index contributed by atoms with van der Waals surface area (Å²) in [6.45, 7) is 9.31. The van der Waals surface area contributed by atoms with Gasteiger partial charge in [-0.1, -0.05) is 13.8 Å². The van der Waals surface area contributed by atoms with Gasteiger partial charge < -0.3 is 24.4 Å². The van der Waals surface area contributed by atoms with Crippen LogP contribution < -0.4 is 0 Å². The van der Waals surface area contributed by atoms with E-state index < -0.39 is 30.2 Å². The highest BCUT2D eigenvalue weighted by Crippen LogP contribution is 2.38. The minimum atomic E-state index is -0.870. The van der Waals surface area contributed by atoms with Crippen LogP contribution in [0.15, 0.2) is 0 Å². The Morgan fingerprint density at radius 2 is 1.67 bits per heavy atom. The molecule has 0 spiro atoms. The molecule has 2 aliphatic heterocycles. The lowest BCUT2D eigenvalue weighted by Crippen LogP contribution is -2.59. The molecule has 2 saturated heterocycles. The third-order valence-electron chi connectivity index (χ3n) is 3.69. The Morgan fingerprint density at radius 1 is 1.11 bits per heavy atom. The van der Waals surface area contributed by atoms with Crippen LogP contribution in [0.3, 0.4) is 0 Å². The van der Waals surface area contributed by atoms with Crippen molar-refractivity contribution in [1.29, 1.82) is 0 Å². The van der Waals surface area contributed by atoms with Crippen LogP contribution >= 0.6 is 0 Å². The zero-order valence-corrected chi connectivity index (χ0v) is 11.7. The Labute approximate surface area is 108 Å². The average molecular weight is 260 g/mol. The first-order valence-corrected chi connectivity index (χ1v) is 6.60. The minimum Gasteiger partial charge on any atom is -0.390 e. The van der Waals surface area contributed by atoms with Gasteiger partial charge in [0.15, 0.2) is 5.79 Å². The van der Waals surface area contributed by atoms with E-state index in [9.17, 15) is 10.2 Å². The maximum atomic E-state index is 10.3. The predicted octanol–water partition coefficient (Wildman–Crippen LogP) is 0.672. The highest BCUT2D eigenvalue weighted by atomic mass is 16.8. The van der Waals surface area contributed by atoms with E-state index in [0.29, 0.717) is 0 Å². The van der Waals surface area contributed by atoms with Crippen LogP contribution in [0.4, 0.5) is 0 Å². The van der Waals surface area contributed by atoms with E-state index in [1.807, 2.05) is 34.6 Å². The molecular formula is C13H24O5. The van der Waals surface area contributed by atoms with Gasteiger partial charge in [-0.15, -0.1) is 0 Å². The molecule has 18 heavy (non-hydrogen) atoms. The lowest BCUT2D eigenvalue weighted by Gasteiger charge is -2.41. The fourth-order valence-corrected chi connectivity index (χ4v) is 2.70. The Balaban J connectivity index is 2.16. The minimum absolute atomic E-state index is 0.0173. The van der Waals surface area contributed by atoms with Gasteiger partial charge in [-0.05, 0) is 26.7 Å². The molecule has 0 aromatic heterocycles. The van der Waals surface area contributed by atoms with Crippen molar-refractivity contribution < 1.29 is 24.4 Å². The Bertz CT molecular complexity index is 302. The summed E-state index contributed by atoms with van der Waals surface area (Å²) in [5, 5.41) is 20.4. The molecule has 2 N–H and O–H groups in total. The van der Waals surface area contributed by atoms with Crippen LogP contribution in [0, 0.1) is 5.92 Å². The summed E-state index contributed by atoms with van der Waals surface area (Å²) < 4.78 is 17.2. The maximum Gasteiger partial charge on any atom is 0.164 e. The molecule has 0 aliphatic carbocycles. The van der Waals surface area contributed by atoms with Gasteiger partial charge in [0, 0.05) is 0 Å². The molecule has 0 bridgehead atoms. The van der Waals surface area contributed by atoms with Gasteiger partial charge in [0.1, 0.15) is 24.4 Å². The molecule has 0 amide bonds. The Morgan fingerprint density at radius 3 is 2.22 bits per heavy atom. The predicted molar refractivity (Wildman–Crippen MR) is 65.0 cm³/mol. The topological polar surface area (TPSA) is 68.2 Å². The van der Waals surface area contributed by atoms with Crippen molar-refractivity contribution in [2.75, 3.05) is 0 Å². The molecule has 106 valence electrons. The van der Waals surface area contributed by atoms with Crippen molar-refractivity contribution >= 4 is 0 Å². The normalized spacial score (nSPS) is 45.0. The van der Waals surface area contributed by atoms with Crippen molar-refractivity contribution in [2.24, 2.45) is 5.92 Å². The van der Waals surface area contributed by atoms with Crippen LogP contribution in [-0.4, -0.2) is 52.6 Å². The summed E-state index contributed by atoms with van der Waals surface area (Å²) in [7, 11) is 0. The molecule has 5 nitrogen and oxygen atoms in total. The van der Waals surface area contributed by atoms with Gasteiger partial charge in [-0.2, -0.15) is 0 Å². The first kappa shape index (κ1) is 14.2. The second-order valence-corrected chi connectivity index (χ2v) is 6.10. The first-order valence-electron chi connectivity index (χ1n) is 6.60.